The molecular weight excluding hydrogens is 364 g/mol. The van der Waals surface area contributed by atoms with Gasteiger partial charge in [0, 0.05) is 41.2 Å². The van der Waals surface area contributed by atoms with E-state index in [2.05, 4.69) is 15.3 Å². The molecule has 0 aliphatic heterocycles. The van der Waals surface area contributed by atoms with Gasteiger partial charge in [-0.15, -0.1) is 0 Å². The van der Waals surface area contributed by atoms with Crippen LogP contribution in [0.5, 0.6) is 0 Å². The summed E-state index contributed by atoms with van der Waals surface area (Å²) in [4.78, 5) is 33.8. The first-order chi connectivity index (χ1) is 13.1. The fraction of sp³-hybridized carbons (Fsp3) is 0. The van der Waals surface area contributed by atoms with Crippen LogP contribution in [0.25, 0.3) is 16.7 Å². The minimum atomic E-state index is -0.500. The first-order valence-electron chi connectivity index (χ1n) is 8.11. The monoisotopic (exact) mass is 376 g/mol. The Labute approximate surface area is 159 Å². The van der Waals surface area contributed by atoms with Crippen LogP contribution >= 0.6 is 11.6 Å². The van der Waals surface area contributed by atoms with E-state index in [4.69, 9.17) is 11.6 Å². The SMILES string of the molecule is O=C(Nc1ccncc1)c1cn(-c2ccc(Cl)cc2)c2ncccc2c1=O. The van der Waals surface area contributed by atoms with E-state index < -0.39 is 5.91 Å². The average molecular weight is 377 g/mol. The Hall–Kier alpha value is -3.51. The highest BCUT2D eigenvalue weighted by Gasteiger charge is 2.17. The number of pyridine rings is 3. The Morgan fingerprint density at radius 2 is 1.74 bits per heavy atom. The molecule has 27 heavy (non-hydrogen) atoms. The zero-order valence-electron chi connectivity index (χ0n) is 14.0. The lowest BCUT2D eigenvalue weighted by Gasteiger charge is -2.13. The molecule has 6 nitrogen and oxygen atoms in total. The predicted molar refractivity (Wildman–Crippen MR) is 105 cm³/mol. The lowest BCUT2D eigenvalue weighted by molar-refractivity contribution is 0.102. The summed E-state index contributed by atoms with van der Waals surface area (Å²) in [6, 6.07) is 13.7. The number of halogens is 1. The van der Waals surface area contributed by atoms with E-state index in [1.807, 2.05) is 0 Å². The molecule has 4 aromatic rings. The van der Waals surface area contributed by atoms with Crippen LogP contribution in [0.3, 0.4) is 0 Å². The largest absolute Gasteiger partial charge is 0.322 e. The van der Waals surface area contributed by atoms with Gasteiger partial charge in [-0.1, -0.05) is 11.6 Å². The van der Waals surface area contributed by atoms with Gasteiger partial charge in [0.05, 0.1) is 5.39 Å². The van der Waals surface area contributed by atoms with Crippen molar-refractivity contribution in [2.45, 2.75) is 0 Å². The average Bonchev–Trinajstić information content (AvgIpc) is 2.70. The van der Waals surface area contributed by atoms with Crippen LogP contribution in [0.1, 0.15) is 10.4 Å². The molecule has 0 spiro atoms. The number of amides is 1. The molecule has 0 saturated heterocycles. The summed E-state index contributed by atoms with van der Waals surface area (Å²) in [5.41, 5.74) is 1.39. The molecule has 0 radical (unpaired) electrons. The molecule has 132 valence electrons. The molecule has 0 atom stereocenters. The molecule has 0 aliphatic carbocycles. The van der Waals surface area contributed by atoms with Crippen LogP contribution in [-0.2, 0) is 0 Å². The van der Waals surface area contributed by atoms with Gasteiger partial charge in [-0.3, -0.25) is 14.6 Å². The number of nitrogens with zero attached hydrogens (tertiary/aromatic N) is 3. The maximum Gasteiger partial charge on any atom is 0.261 e. The minimum absolute atomic E-state index is 0.0160. The maximum atomic E-state index is 12.9. The molecule has 3 aromatic heterocycles. The smallest absolute Gasteiger partial charge is 0.261 e. The van der Waals surface area contributed by atoms with Gasteiger partial charge in [0.1, 0.15) is 11.2 Å². The molecule has 0 unspecified atom stereocenters. The number of rotatable bonds is 3. The van der Waals surface area contributed by atoms with Gasteiger partial charge >= 0.3 is 0 Å². The van der Waals surface area contributed by atoms with Crippen molar-refractivity contribution in [1.82, 2.24) is 14.5 Å². The first-order valence-corrected chi connectivity index (χ1v) is 8.49. The van der Waals surface area contributed by atoms with Crippen LogP contribution < -0.4 is 10.7 Å². The Balaban J connectivity index is 1.88. The summed E-state index contributed by atoms with van der Waals surface area (Å²) in [7, 11) is 0. The summed E-state index contributed by atoms with van der Waals surface area (Å²) >= 11 is 5.97. The number of carbonyl (C=O) groups is 1. The third kappa shape index (κ3) is 3.30. The van der Waals surface area contributed by atoms with Crippen molar-refractivity contribution in [3.63, 3.8) is 0 Å². The summed E-state index contributed by atoms with van der Waals surface area (Å²) in [6.07, 6.45) is 6.22. The number of anilines is 1. The molecule has 0 saturated carbocycles. The molecule has 0 aliphatic rings. The Kier molecular flexibility index (Phi) is 4.40. The summed E-state index contributed by atoms with van der Waals surface area (Å²) < 4.78 is 1.70. The number of aromatic nitrogens is 3. The van der Waals surface area contributed by atoms with Crippen LogP contribution in [0.4, 0.5) is 5.69 Å². The van der Waals surface area contributed by atoms with E-state index in [-0.39, 0.29) is 11.0 Å². The highest BCUT2D eigenvalue weighted by molar-refractivity contribution is 6.30. The Bertz CT molecular complexity index is 1190. The summed E-state index contributed by atoms with van der Waals surface area (Å²) in [5.74, 6) is -0.500. The highest BCUT2D eigenvalue weighted by atomic mass is 35.5. The van der Waals surface area contributed by atoms with Gasteiger partial charge in [0.25, 0.3) is 5.91 Å². The topological polar surface area (TPSA) is 76.9 Å². The molecule has 3 heterocycles. The third-order valence-electron chi connectivity index (χ3n) is 4.05. The van der Waals surface area contributed by atoms with Gasteiger partial charge < -0.3 is 9.88 Å². The first kappa shape index (κ1) is 16.9. The molecule has 1 aromatic carbocycles. The van der Waals surface area contributed by atoms with E-state index in [0.717, 1.165) is 5.69 Å². The van der Waals surface area contributed by atoms with Crippen LogP contribution in [0.2, 0.25) is 5.02 Å². The van der Waals surface area contributed by atoms with Crippen LogP contribution in [-0.4, -0.2) is 20.4 Å². The lowest BCUT2D eigenvalue weighted by atomic mass is 10.1. The molecule has 1 N–H and O–H groups in total. The van der Waals surface area contributed by atoms with Gasteiger partial charge in [0.2, 0.25) is 5.43 Å². The summed E-state index contributed by atoms with van der Waals surface area (Å²) in [5, 5.41) is 3.66. The van der Waals surface area contributed by atoms with E-state index in [9.17, 15) is 9.59 Å². The zero-order chi connectivity index (χ0) is 18.8. The van der Waals surface area contributed by atoms with Crippen molar-refractivity contribution in [3.05, 3.63) is 94.1 Å². The number of fused-ring (bicyclic) bond motifs is 1. The van der Waals surface area contributed by atoms with E-state index >= 15 is 0 Å². The van der Waals surface area contributed by atoms with Gasteiger partial charge in [-0.25, -0.2) is 4.98 Å². The molecular formula is C20H13ClN4O2. The number of hydrogen-bond acceptors (Lipinski definition) is 4. The van der Waals surface area contributed by atoms with Crippen molar-refractivity contribution in [3.8, 4) is 5.69 Å². The third-order valence-corrected chi connectivity index (χ3v) is 4.30. The fourth-order valence-corrected chi connectivity index (χ4v) is 2.88. The quantitative estimate of drug-likeness (QED) is 0.591. The van der Waals surface area contributed by atoms with Crippen LogP contribution in [0, 0.1) is 0 Å². The Morgan fingerprint density at radius 3 is 2.48 bits per heavy atom. The highest BCUT2D eigenvalue weighted by Crippen LogP contribution is 2.18. The van der Waals surface area contributed by atoms with Gasteiger partial charge in [-0.05, 0) is 48.5 Å². The second-order valence-electron chi connectivity index (χ2n) is 5.78. The van der Waals surface area contributed by atoms with Crippen molar-refractivity contribution < 1.29 is 4.79 Å². The fourth-order valence-electron chi connectivity index (χ4n) is 2.75. The van der Waals surface area contributed by atoms with Gasteiger partial charge in [-0.2, -0.15) is 0 Å². The van der Waals surface area contributed by atoms with E-state index in [1.54, 1.807) is 71.7 Å². The van der Waals surface area contributed by atoms with E-state index in [1.165, 1.54) is 6.20 Å². The molecule has 7 heteroatoms. The predicted octanol–water partition coefficient (Wildman–Crippen LogP) is 3.69. The lowest BCUT2D eigenvalue weighted by Crippen LogP contribution is -2.24. The standard InChI is InChI=1S/C20H13ClN4O2/c21-13-3-5-15(6-4-13)25-12-17(18(26)16-2-1-9-23-19(16)25)20(27)24-14-7-10-22-11-8-14/h1-12H,(H,22,24,27). The van der Waals surface area contributed by atoms with Gasteiger partial charge in [0.15, 0.2) is 0 Å². The zero-order valence-corrected chi connectivity index (χ0v) is 14.7. The van der Waals surface area contributed by atoms with Crippen molar-refractivity contribution in [2.24, 2.45) is 0 Å². The number of benzene rings is 1. The normalized spacial score (nSPS) is 10.7. The molecule has 0 fully saturated rings. The van der Waals surface area contributed by atoms with Crippen molar-refractivity contribution in [2.75, 3.05) is 5.32 Å². The number of carbonyl (C=O) groups excluding carboxylic acids is 1. The van der Waals surface area contributed by atoms with Crippen molar-refractivity contribution >= 4 is 34.2 Å². The van der Waals surface area contributed by atoms with Crippen LogP contribution in [0.15, 0.2) is 78.1 Å². The molecule has 1 amide bonds. The summed E-state index contributed by atoms with van der Waals surface area (Å²) in [6.45, 7) is 0. The second kappa shape index (κ2) is 7.01. The second-order valence-corrected chi connectivity index (χ2v) is 6.22. The van der Waals surface area contributed by atoms with E-state index in [0.29, 0.717) is 21.7 Å². The molecule has 0 bridgehead atoms. The number of nitrogens with one attached hydrogen (secondary N) is 1. The minimum Gasteiger partial charge on any atom is -0.322 e. The van der Waals surface area contributed by atoms with Crippen molar-refractivity contribution in [1.29, 1.82) is 0 Å². The molecule has 4 rings (SSSR count). The maximum absolute atomic E-state index is 12.9. The number of hydrogen-bond donors (Lipinski definition) is 1. The Morgan fingerprint density at radius 1 is 1.00 bits per heavy atom.